The van der Waals surface area contributed by atoms with Gasteiger partial charge in [-0.15, -0.1) is 0 Å². The molecule has 0 bridgehead atoms. The lowest BCUT2D eigenvalue weighted by atomic mass is 10.00. The van der Waals surface area contributed by atoms with E-state index in [1.54, 1.807) is 0 Å². The zero-order valence-electron chi connectivity index (χ0n) is 12.7. The number of nitrogens with zero attached hydrogens (tertiary/aromatic N) is 2. The van der Waals surface area contributed by atoms with Crippen LogP contribution in [0, 0.1) is 18.8 Å². The molecule has 1 aliphatic carbocycles. The highest BCUT2D eigenvalue weighted by molar-refractivity contribution is 5.76. The minimum Gasteiger partial charge on any atom is -0.391 e. The van der Waals surface area contributed by atoms with Crippen LogP contribution in [0.1, 0.15) is 43.5 Å². The molecule has 3 rings (SSSR count). The van der Waals surface area contributed by atoms with Crippen LogP contribution in [0.25, 0.3) is 0 Å². The van der Waals surface area contributed by atoms with Gasteiger partial charge in [0, 0.05) is 31.1 Å². The highest BCUT2D eigenvalue weighted by Gasteiger charge is 2.35. The minimum atomic E-state index is -0.422. The van der Waals surface area contributed by atoms with Crippen LogP contribution in [0.3, 0.4) is 0 Å². The number of aromatic nitrogens is 2. The summed E-state index contributed by atoms with van der Waals surface area (Å²) in [5.74, 6) is 0.907. The molecule has 2 fully saturated rings. The molecule has 1 saturated carbocycles. The number of carbonyl (C=O) groups excluding carboxylic acids is 1. The maximum absolute atomic E-state index is 12.3. The highest BCUT2D eigenvalue weighted by atomic mass is 16.3. The van der Waals surface area contributed by atoms with E-state index in [1.807, 2.05) is 17.9 Å². The molecular formula is C16H25N3O2. The molecule has 1 amide bonds. The van der Waals surface area contributed by atoms with Gasteiger partial charge in [0.15, 0.2) is 0 Å². The van der Waals surface area contributed by atoms with Gasteiger partial charge in [-0.1, -0.05) is 12.8 Å². The van der Waals surface area contributed by atoms with Crippen molar-refractivity contribution in [1.82, 2.24) is 15.1 Å². The summed E-state index contributed by atoms with van der Waals surface area (Å²) in [5.41, 5.74) is 2.01. The van der Waals surface area contributed by atoms with Gasteiger partial charge in [0.1, 0.15) is 0 Å². The molecule has 2 N–H and O–H groups in total. The van der Waals surface area contributed by atoms with Crippen molar-refractivity contribution in [1.29, 1.82) is 0 Å². The molecule has 0 spiro atoms. The Labute approximate surface area is 125 Å². The average molecular weight is 291 g/mol. The smallest absolute Gasteiger partial charge is 0.222 e. The standard InChI is InChI=1S/C16H25N3O2/c1-11-6-14(18-17-11)8-13-9-19(10-15(13)20)16(21)7-12-4-2-3-5-12/h6,12-13,15,20H,2-5,7-10H2,1H3,(H,17,18)/t13-,15-/m1/s1. The van der Waals surface area contributed by atoms with E-state index >= 15 is 0 Å². The Kier molecular flexibility index (Phi) is 4.29. The van der Waals surface area contributed by atoms with Gasteiger partial charge < -0.3 is 10.0 Å². The SMILES string of the molecule is Cc1cc(C[C@@H]2CN(C(=O)CC3CCCC3)C[C@H]2O)n[nH]1. The van der Waals surface area contributed by atoms with E-state index in [0.717, 1.165) is 17.8 Å². The lowest BCUT2D eigenvalue weighted by Gasteiger charge is -2.18. The monoisotopic (exact) mass is 291 g/mol. The summed E-state index contributed by atoms with van der Waals surface area (Å²) in [6.45, 7) is 3.12. The fourth-order valence-electron chi connectivity index (χ4n) is 3.70. The molecule has 0 unspecified atom stereocenters. The van der Waals surface area contributed by atoms with Crippen molar-refractivity contribution in [2.45, 2.75) is 51.6 Å². The number of aryl methyl sites for hydroxylation is 1. The van der Waals surface area contributed by atoms with Crippen molar-refractivity contribution in [3.8, 4) is 0 Å². The number of aromatic amines is 1. The van der Waals surface area contributed by atoms with Gasteiger partial charge in [-0.3, -0.25) is 9.89 Å². The van der Waals surface area contributed by atoms with Crippen LogP contribution in [-0.4, -0.2) is 45.3 Å². The Morgan fingerprint density at radius 3 is 2.86 bits per heavy atom. The third-order valence-electron chi connectivity index (χ3n) is 4.93. The van der Waals surface area contributed by atoms with E-state index in [0.29, 0.717) is 25.4 Å². The fourth-order valence-corrected chi connectivity index (χ4v) is 3.70. The van der Waals surface area contributed by atoms with Crippen molar-refractivity contribution < 1.29 is 9.90 Å². The normalized spacial score (nSPS) is 26.7. The highest BCUT2D eigenvalue weighted by Crippen LogP contribution is 2.29. The van der Waals surface area contributed by atoms with Gasteiger partial charge in [0.25, 0.3) is 0 Å². The zero-order valence-corrected chi connectivity index (χ0v) is 12.7. The van der Waals surface area contributed by atoms with E-state index in [4.69, 9.17) is 0 Å². The Bertz CT molecular complexity index is 493. The Morgan fingerprint density at radius 1 is 1.43 bits per heavy atom. The number of hydrogen-bond donors (Lipinski definition) is 2. The summed E-state index contributed by atoms with van der Waals surface area (Å²) in [6, 6.07) is 2.01. The van der Waals surface area contributed by atoms with Crippen LogP contribution in [-0.2, 0) is 11.2 Å². The van der Waals surface area contributed by atoms with Crippen LogP contribution in [0.4, 0.5) is 0 Å². The van der Waals surface area contributed by atoms with Crippen molar-refractivity contribution in [3.63, 3.8) is 0 Å². The number of likely N-dealkylation sites (tertiary alicyclic amines) is 1. The van der Waals surface area contributed by atoms with Crippen molar-refractivity contribution in [2.24, 2.45) is 11.8 Å². The molecule has 5 nitrogen and oxygen atoms in total. The number of nitrogens with one attached hydrogen (secondary N) is 1. The van der Waals surface area contributed by atoms with Crippen molar-refractivity contribution >= 4 is 5.91 Å². The van der Waals surface area contributed by atoms with E-state index in [9.17, 15) is 9.90 Å². The second-order valence-corrected chi connectivity index (χ2v) is 6.73. The second kappa shape index (κ2) is 6.18. The van der Waals surface area contributed by atoms with Crippen LogP contribution >= 0.6 is 0 Å². The van der Waals surface area contributed by atoms with Gasteiger partial charge in [-0.05, 0) is 38.2 Å². The van der Waals surface area contributed by atoms with E-state index in [2.05, 4.69) is 10.2 Å². The Morgan fingerprint density at radius 2 is 2.19 bits per heavy atom. The molecule has 1 aromatic rings. The quantitative estimate of drug-likeness (QED) is 0.886. The van der Waals surface area contributed by atoms with E-state index in [-0.39, 0.29) is 11.8 Å². The van der Waals surface area contributed by atoms with Gasteiger partial charge in [-0.25, -0.2) is 0 Å². The summed E-state index contributed by atoms with van der Waals surface area (Å²) >= 11 is 0. The molecule has 0 radical (unpaired) electrons. The number of H-pyrrole nitrogens is 1. The number of carbonyl (C=O) groups is 1. The molecule has 5 heteroatoms. The number of hydrogen-bond acceptors (Lipinski definition) is 3. The Hall–Kier alpha value is -1.36. The number of β-amino-alcohol motifs (C(OH)–C–C–N with tert-alkyl or cyclic N) is 1. The fraction of sp³-hybridized carbons (Fsp3) is 0.750. The minimum absolute atomic E-state index is 0.111. The number of aliphatic hydroxyl groups is 1. The molecule has 1 aromatic heterocycles. The molecule has 1 saturated heterocycles. The summed E-state index contributed by atoms with van der Waals surface area (Å²) in [5, 5.41) is 17.4. The number of amides is 1. The van der Waals surface area contributed by atoms with E-state index < -0.39 is 6.10 Å². The maximum Gasteiger partial charge on any atom is 0.222 e. The first-order valence-corrected chi connectivity index (χ1v) is 8.08. The van der Waals surface area contributed by atoms with Gasteiger partial charge in [0.05, 0.1) is 11.8 Å². The maximum atomic E-state index is 12.3. The number of rotatable bonds is 4. The van der Waals surface area contributed by atoms with Gasteiger partial charge >= 0.3 is 0 Å². The predicted molar refractivity (Wildman–Crippen MR) is 79.7 cm³/mol. The zero-order chi connectivity index (χ0) is 14.8. The second-order valence-electron chi connectivity index (χ2n) is 6.73. The largest absolute Gasteiger partial charge is 0.391 e. The summed E-state index contributed by atoms with van der Waals surface area (Å²) in [7, 11) is 0. The third kappa shape index (κ3) is 3.46. The first-order valence-electron chi connectivity index (χ1n) is 8.08. The van der Waals surface area contributed by atoms with Gasteiger partial charge in [0.2, 0.25) is 5.91 Å². The first kappa shape index (κ1) is 14.6. The van der Waals surface area contributed by atoms with Crippen molar-refractivity contribution in [3.05, 3.63) is 17.5 Å². The molecule has 2 aliphatic rings. The molecule has 0 aromatic carbocycles. The molecule has 1 aliphatic heterocycles. The summed E-state index contributed by atoms with van der Waals surface area (Å²) < 4.78 is 0. The van der Waals surface area contributed by atoms with Crippen LogP contribution in [0.15, 0.2) is 6.07 Å². The first-order chi connectivity index (χ1) is 10.1. The molecule has 2 atom stereocenters. The van der Waals surface area contributed by atoms with Crippen LogP contribution < -0.4 is 0 Å². The van der Waals surface area contributed by atoms with Crippen molar-refractivity contribution in [2.75, 3.05) is 13.1 Å². The van der Waals surface area contributed by atoms with Crippen LogP contribution in [0.2, 0.25) is 0 Å². The van der Waals surface area contributed by atoms with Crippen LogP contribution in [0.5, 0.6) is 0 Å². The topological polar surface area (TPSA) is 69.2 Å². The average Bonchev–Trinajstić information content (AvgIpc) is 3.14. The Balaban J connectivity index is 1.53. The lowest BCUT2D eigenvalue weighted by Crippen LogP contribution is -2.30. The third-order valence-corrected chi connectivity index (χ3v) is 4.93. The lowest BCUT2D eigenvalue weighted by molar-refractivity contribution is -0.131. The molecular weight excluding hydrogens is 266 g/mol. The molecule has 2 heterocycles. The number of aliphatic hydroxyl groups excluding tert-OH is 1. The van der Waals surface area contributed by atoms with Gasteiger partial charge in [-0.2, -0.15) is 5.10 Å². The molecule has 116 valence electrons. The molecule has 21 heavy (non-hydrogen) atoms. The van der Waals surface area contributed by atoms with E-state index in [1.165, 1.54) is 25.7 Å². The summed E-state index contributed by atoms with van der Waals surface area (Å²) in [6.07, 6.45) is 5.90. The summed E-state index contributed by atoms with van der Waals surface area (Å²) in [4.78, 5) is 14.2. The predicted octanol–water partition coefficient (Wildman–Crippen LogP) is 1.66.